The number of nitrogens with one attached hydrogen (secondary N) is 2. The van der Waals surface area contributed by atoms with Crippen LogP contribution in [0, 0.1) is 5.41 Å². The standard InChI is InChI=1S/C15H20N2O5S/c1-2-9-23(21,22)17-12-6-3-5-11(10-12)16-13(18)15(14(19)20)7-4-8-15/h3,5-6,10,17H,2,4,7-9H2,1H3,(H,16,18)(H,19,20). The molecular weight excluding hydrogens is 320 g/mol. The van der Waals surface area contributed by atoms with E-state index >= 15 is 0 Å². The number of carboxylic acids is 1. The van der Waals surface area contributed by atoms with Gasteiger partial charge in [-0.25, -0.2) is 8.42 Å². The summed E-state index contributed by atoms with van der Waals surface area (Å²) in [5, 5.41) is 11.8. The Hall–Kier alpha value is -2.09. The molecule has 2 rings (SSSR count). The number of carbonyl (C=O) groups is 2. The Morgan fingerprint density at radius 3 is 2.43 bits per heavy atom. The van der Waals surface area contributed by atoms with Crippen molar-refractivity contribution >= 4 is 33.3 Å². The lowest BCUT2D eigenvalue weighted by molar-refractivity contribution is -0.159. The molecule has 0 heterocycles. The van der Waals surface area contributed by atoms with Crippen molar-refractivity contribution in [2.45, 2.75) is 32.6 Å². The Morgan fingerprint density at radius 1 is 1.26 bits per heavy atom. The van der Waals surface area contributed by atoms with E-state index in [2.05, 4.69) is 10.0 Å². The van der Waals surface area contributed by atoms with E-state index in [-0.39, 0.29) is 5.75 Å². The molecule has 0 aliphatic heterocycles. The van der Waals surface area contributed by atoms with Gasteiger partial charge in [0.15, 0.2) is 0 Å². The minimum absolute atomic E-state index is 0.00567. The average molecular weight is 340 g/mol. The number of hydrogen-bond donors (Lipinski definition) is 3. The number of aliphatic carboxylic acids is 1. The van der Waals surface area contributed by atoms with Gasteiger partial charge in [0.1, 0.15) is 5.41 Å². The Labute approximate surface area is 135 Å². The van der Waals surface area contributed by atoms with Crippen molar-refractivity contribution in [3.63, 3.8) is 0 Å². The number of anilines is 2. The summed E-state index contributed by atoms with van der Waals surface area (Å²) in [4.78, 5) is 23.5. The molecule has 0 spiro atoms. The van der Waals surface area contributed by atoms with Gasteiger partial charge in [-0.05, 0) is 37.5 Å². The van der Waals surface area contributed by atoms with Gasteiger partial charge in [-0.2, -0.15) is 0 Å². The van der Waals surface area contributed by atoms with Crippen LogP contribution in [0.4, 0.5) is 11.4 Å². The van der Waals surface area contributed by atoms with Crippen LogP contribution >= 0.6 is 0 Å². The second-order valence-corrected chi connectivity index (χ2v) is 7.54. The number of amides is 1. The van der Waals surface area contributed by atoms with E-state index in [1.165, 1.54) is 6.07 Å². The van der Waals surface area contributed by atoms with Gasteiger partial charge in [-0.3, -0.25) is 14.3 Å². The molecule has 126 valence electrons. The third-order valence-electron chi connectivity index (χ3n) is 3.92. The lowest BCUT2D eigenvalue weighted by Gasteiger charge is -2.35. The molecule has 0 saturated heterocycles. The minimum atomic E-state index is -3.42. The number of carbonyl (C=O) groups excluding carboxylic acids is 1. The van der Waals surface area contributed by atoms with E-state index < -0.39 is 27.3 Å². The maximum absolute atomic E-state index is 12.2. The van der Waals surface area contributed by atoms with Crippen LogP contribution in [0.15, 0.2) is 24.3 Å². The van der Waals surface area contributed by atoms with Crippen LogP contribution in [0.25, 0.3) is 0 Å². The highest BCUT2D eigenvalue weighted by atomic mass is 32.2. The zero-order valence-corrected chi connectivity index (χ0v) is 13.6. The third-order valence-corrected chi connectivity index (χ3v) is 5.41. The number of hydrogen-bond acceptors (Lipinski definition) is 4. The Balaban J connectivity index is 2.11. The molecule has 0 aromatic heterocycles. The van der Waals surface area contributed by atoms with Crippen LogP contribution in [0.2, 0.25) is 0 Å². The van der Waals surface area contributed by atoms with Gasteiger partial charge in [0, 0.05) is 5.69 Å². The van der Waals surface area contributed by atoms with E-state index in [0.717, 1.165) is 0 Å². The van der Waals surface area contributed by atoms with Crippen LogP contribution < -0.4 is 10.0 Å². The molecule has 1 aromatic rings. The predicted octanol–water partition coefficient (Wildman–Crippen LogP) is 2.03. The van der Waals surface area contributed by atoms with E-state index in [0.29, 0.717) is 37.1 Å². The summed E-state index contributed by atoms with van der Waals surface area (Å²) in [5.41, 5.74) is -0.675. The predicted molar refractivity (Wildman–Crippen MR) is 86.7 cm³/mol. The third kappa shape index (κ3) is 3.82. The van der Waals surface area contributed by atoms with Gasteiger partial charge in [-0.15, -0.1) is 0 Å². The quantitative estimate of drug-likeness (QED) is 0.657. The summed E-state index contributed by atoms with van der Waals surface area (Å²) < 4.78 is 25.9. The zero-order chi connectivity index (χ0) is 17.1. The summed E-state index contributed by atoms with van der Waals surface area (Å²) in [6.45, 7) is 1.76. The fourth-order valence-corrected chi connectivity index (χ4v) is 3.60. The molecule has 0 atom stereocenters. The molecule has 8 heteroatoms. The maximum Gasteiger partial charge on any atom is 0.319 e. The fourth-order valence-electron chi connectivity index (χ4n) is 2.48. The number of sulfonamides is 1. The molecule has 1 aromatic carbocycles. The van der Waals surface area contributed by atoms with Gasteiger partial charge in [0.25, 0.3) is 0 Å². The SMILES string of the molecule is CCCS(=O)(=O)Nc1cccc(NC(=O)C2(C(=O)O)CCC2)c1. The first kappa shape index (κ1) is 17.3. The first-order chi connectivity index (χ1) is 10.8. The van der Waals surface area contributed by atoms with Crippen LogP contribution in [0.1, 0.15) is 32.6 Å². The first-order valence-electron chi connectivity index (χ1n) is 7.44. The molecule has 1 saturated carbocycles. The topological polar surface area (TPSA) is 113 Å². The molecule has 3 N–H and O–H groups in total. The highest BCUT2D eigenvalue weighted by Crippen LogP contribution is 2.42. The molecule has 1 aliphatic rings. The van der Waals surface area contributed by atoms with Crippen LogP contribution in [-0.4, -0.2) is 31.2 Å². The van der Waals surface area contributed by atoms with Crippen LogP contribution in [-0.2, 0) is 19.6 Å². The smallest absolute Gasteiger partial charge is 0.319 e. The lowest BCUT2D eigenvalue weighted by atomic mass is 9.68. The summed E-state index contributed by atoms with van der Waals surface area (Å²) in [6.07, 6.45) is 1.83. The normalized spacial score (nSPS) is 16.2. The molecule has 23 heavy (non-hydrogen) atoms. The first-order valence-corrected chi connectivity index (χ1v) is 9.10. The van der Waals surface area contributed by atoms with Crippen LogP contribution in [0.3, 0.4) is 0 Å². The van der Waals surface area contributed by atoms with E-state index in [1.807, 2.05) is 0 Å². The van der Waals surface area contributed by atoms with E-state index in [9.17, 15) is 23.1 Å². The van der Waals surface area contributed by atoms with Crippen molar-refractivity contribution in [2.24, 2.45) is 5.41 Å². The minimum Gasteiger partial charge on any atom is -0.480 e. The van der Waals surface area contributed by atoms with Gasteiger partial charge in [-0.1, -0.05) is 19.4 Å². The summed E-state index contributed by atoms with van der Waals surface area (Å²) in [6, 6.07) is 6.22. The van der Waals surface area contributed by atoms with Crippen molar-refractivity contribution in [2.75, 3.05) is 15.8 Å². The van der Waals surface area contributed by atoms with Gasteiger partial charge in [0.05, 0.1) is 11.4 Å². The van der Waals surface area contributed by atoms with Crippen molar-refractivity contribution in [1.29, 1.82) is 0 Å². The number of rotatable bonds is 7. The average Bonchev–Trinajstić information content (AvgIpc) is 2.35. The largest absolute Gasteiger partial charge is 0.480 e. The van der Waals surface area contributed by atoms with Gasteiger partial charge < -0.3 is 10.4 Å². The highest BCUT2D eigenvalue weighted by molar-refractivity contribution is 7.92. The molecule has 1 fully saturated rings. The molecule has 1 aliphatic carbocycles. The molecule has 0 unspecified atom stereocenters. The number of carboxylic acid groups (broad SMARTS) is 1. The van der Waals surface area contributed by atoms with Crippen molar-refractivity contribution in [3.05, 3.63) is 24.3 Å². The summed E-state index contributed by atoms with van der Waals surface area (Å²) >= 11 is 0. The fraction of sp³-hybridized carbons (Fsp3) is 0.467. The maximum atomic E-state index is 12.2. The second-order valence-electron chi connectivity index (χ2n) is 5.70. The highest BCUT2D eigenvalue weighted by Gasteiger charge is 2.51. The second kappa shape index (κ2) is 6.57. The molecule has 0 radical (unpaired) electrons. The Kier molecular flexibility index (Phi) is 4.93. The van der Waals surface area contributed by atoms with E-state index in [1.54, 1.807) is 25.1 Å². The number of benzene rings is 1. The summed E-state index contributed by atoms with van der Waals surface area (Å²) in [7, 11) is -3.42. The molecular formula is C15H20N2O5S. The van der Waals surface area contributed by atoms with Crippen molar-refractivity contribution < 1.29 is 23.1 Å². The van der Waals surface area contributed by atoms with Gasteiger partial charge in [0.2, 0.25) is 15.9 Å². The van der Waals surface area contributed by atoms with Crippen LogP contribution in [0.5, 0.6) is 0 Å². The van der Waals surface area contributed by atoms with Crippen molar-refractivity contribution in [1.82, 2.24) is 0 Å². The zero-order valence-electron chi connectivity index (χ0n) is 12.8. The summed E-state index contributed by atoms with van der Waals surface area (Å²) in [5.74, 6) is -1.68. The Bertz CT molecular complexity index is 710. The van der Waals surface area contributed by atoms with Crippen molar-refractivity contribution in [3.8, 4) is 0 Å². The molecule has 7 nitrogen and oxygen atoms in total. The molecule has 0 bridgehead atoms. The van der Waals surface area contributed by atoms with E-state index in [4.69, 9.17) is 0 Å². The molecule has 1 amide bonds. The monoisotopic (exact) mass is 340 g/mol. The lowest BCUT2D eigenvalue weighted by Crippen LogP contribution is -2.48. The van der Waals surface area contributed by atoms with Gasteiger partial charge >= 0.3 is 5.97 Å². The Morgan fingerprint density at radius 2 is 1.91 bits per heavy atom.